The van der Waals surface area contributed by atoms with Crippen LogP contribution in [0.15, 0.2) is 36.4 Å². The Kier molecular flexibility index (Phi) is 3.88. The van der Waals surface area contributed by atoms with Gasteiger partial charge in [-0.15, -0.1) is 0 Å². The summed E-state index contributed by atoms with van der Waals surface area (Å²) in [6.07, 6.45) is 0. The first-order valence-electron chi connectivity index (χ1n) is 5.34. The van der Waals surface area contributed by atoms with Crippen molar-refractivity contribution in [3.8, 4) is 23.3 Å². The van der Waals surface area contributed by atoms with Gasteiger partial charge in [0, 0.05) is 11.1 Å². The minimum Gasteiger partial charge on any atom is -0.493 e. The molecule has 0 aliphatic rings. The second-order valence-electron chi connectivity index (χ2n) is 3.68. The van der Waals surface area contributed by atoms with Gasteiger partial charge in [0.1, 0.15) is 11.6 Å². The summed E-state index contributed by atoms with van der Waals surface area (Å²) in [5.41, 5.74) is 0.359. The van der Waals surface area contributed by atoms with Gasteiger partial charge in [-0.1, -0.05) is 11.6 Å². The molecule has 0 aliphatic heterocycles. The van der Waals surface area contributed by atoms with Crippen LogP contribution in [-0.2, 0) is 0 Å². The van der Waals surface area contributed by atoms with Crippen LogP contribution in [0.4, 0.5) is 4.39 Å². The summed E-state index contributed by atoms with van der Waals surface area (Å²) in [4.78, 5) is 0. The van der Waals surface area contributed by atoms with Crippen molar-refractivity contribution in [2.24, 2.45) is 0 Å². The number of nitriles is 1. The monoisotopic (exact) mass is 277 g/mol. The van der Waals surface area contributed by atoms with Gasteiger partial charge >= 0.3 is 0 Å². The van der Waals surface area contributed by atoms with Crippen molar-refractivity contribution in [2.75, 3.05) is 7.11 Å². The molecule has 2 aromatic carbocycles. The fraction of sp³-hybridized carbons (Fsp3) is 0.0714. The zero-order chi connectivity index (χ0) is 13.8. The maximum atomic E-state index is 13.2. The van der Waals surface area contributed by atoms with Crippen molar-refractivity contribution < 1.29 is 13.9 Å². The van der Waals surface area contributed by atoms with Crippen LogP contribution in [0.1, 0.15) is 5.56 Å². The van der Waals surface area contributed by atoms with Crippen molar-refractivity contribution in [1.82, 2.24) is 0 Å². The molecule has 0 radical (unpaired) electrons. The van der Waals surface area contributed by atoms with E-state index in [1.165, 1.54) is 43.5 Å². The lowest BCUT2D eigenvalue weighted by Gasteiger charge is -2.10. The number of halogens is 2. The molecule has 0 heterocycles. The van der Waals surface area contributed by atoms with Gasteiger partial charge in [0.2, 0.25) is 0 Å². The van der Waals surface area contributed by atoms with Crippen LogP contribution in [0.25, 0.3) is 0 Å². The quantitative estimate of drug-likeness (QED) is 0.846. The number of methoxy groups -OCH3 is 1. The molecule has 0 aromatic heterocycles. The molecule has 0 saturated carbocycles. The predicted molar refractivity (Wildman–Crippen MR) is 69.2 cm³/mol. The molecule has 3 nitrogen and oxygen atoms in total. The summed E-state index contributed by atoms with van der Waals surface area (Å²) < 4.78 is 23.8. The summed E-state index contributed by atoms with van der Waals surface area (Å²) in [6.45, 7) is 0. The van der Waals surface area contributed by atoms with E-state index in [1.54, 1.807) is 0 Å². The van der Waals surface area contributed by atoms with Gasteiger partial charge in [-0.2, -0.15) is 5.26 Å². The Morgan fingerprint density at radius 1 is 1.16 bits per heavy atom. The minimum absolute atomic E-state index is 0.216. The van der Waals surface area contributed by atoms with Gasteiger partial charge in [0.05, 0.1) is 18.7 Å². The second-order valence-corrected chi connectivity index (χ2v) is 4.12. The van der Waals surface area contributed by atoms with E-state index in [2.05, 4.69) is 0 Å². The Hall–Kier alpha value is -2.25. The molecule has 0 N–H and O–H groups in total. The van der Waals surface area contributed by atoms with Gasteiger partial charge in [-0.05, 0) is 30.3 Å². The summed E-state index contributed by atoms with van der Waals surface area (Å²) in [5, 5.41) is 9.21. The zero-order valence-corrected chi connectivity index (χ0v) is 10.7. The fourth-order valence-electron chi connectivity index (χ4n) is 1.54. The van der Waals surface area contributed by atoms with Crippen molar-refractivity contribution in [2.45, 2.75) is 0 Å². The van der Waals surface area contributed by atoms with Crippen LogP contribution < -0.4 is 9.47 Å². The number of hydrogen-bond donors (Lipinski definition) is 0. The highest BCUT2D eigenvalue weighted by Crippen LogP contribution is 2.33. The molecule has 19 heavy (non-hydrogen) atoms. The van der Waals surface area contributed by atoms with Crippen molar-refractivity contribution in [3.63, 3.8) is 0 Å². The van der Waals surface area contributed by atoms with Crippen LogP contribution in [-0.4, -0.2) is 7.11 Å². The first kappa shape index (κ1) is 13.2. The molecule has 0 fully saturated rings. The Morgan fingerprint density at radius 3 is 2.63 bits per heavy atom. The summed E-state index contributed by atoms with van der Waals surface area (Å²) in [7, 11) is 1.46. The highest BCUT2D eigenvalue weighted by atomic mass is 35.5. The van der Waals surface area contributed by atoms with E-state index in [4.69, 9.17) is 26.3 Å². The lowest BCUT2D eigenvalue weighted by molar-refractivity contribution is 0.376. The average molecular weight is 278 g/mol. The molecule has 0 amide bonds. The smallest absolute Gasteiger partial charge is 0.172 e. The minimum atomic E-state index is -0.446. The third kappa shape index (κ3) is 3.15. The van der Waals surface area contributed by atoms with Crippen LogP contribution in [0.3, 0.4) is 0 Å². The largest absolute Gasteiger partial charge is 0.493 e. The zero-order valence-electron chi connectivity index (χ0n) is 9.98. The maximum absolute atomic E-state index is 13.2. The topological polar surface area (TPSA) is 42.2 Å². The van der Waals surface area contributed by atoms with Crippen LogP contribution in [0, 0.1) is 17.1 Å². The molecule has 5 heteroatoms. The number of hydrogen-bond acceptors (Lipinski definition) is 3. The van der Waals surface area contributed by atoms with E-state index in [9.17, 15) is 4.39 Å². The van der Waals surface area contributed by atoms with E-state index in [0.29, 0.717) is 22.1 Å². The Bertz CT molecular complexity index is 652. The molecule has 2 rings (SSSR count). The van der Waals surface area contributed by atoms with Gasteiger partial charge in [0.25, 0.3) is 0 Å². The van der Waals surface area contributed by atoms with E-state index in [-0.39, 0.29) is 5.75 Å². The van der Waals surface area contributed by atoms with Crippen LogP contribution in [0.2, 0.25) is 5.02 Å². The molecule has 0 bridgehead atoms. The first-order valence-corrected chi connectivity index (χ1v) is 5.72. The average Bonchev–Trinajstić information content (AvgIpc) is 2.38. The highest BCUT2D eigenvalue weighted by molar-refractivity contribution is 6.30. The van der Waals surface area contributed by atoms with Crippen molar-refractivity contribution >= 4 is 11.6 Å². The molecular formula is C14H9ClFNO2. The van der Waals surface area contributed by atoms with Gasteiger partial charge < -0.3 is 9.47 Å². The summed E-state index contributed by atoms with van der Waals surface area (Å²) in [5.74, 6) is 0.500. The van der Waals surface area contributed by atoms with Crippen LogP contribution in [0.5, 0.6) is 17.2 Å². The first-order chi connectivity index (χ1) is 9.12. The Balaban J connectivity index is 2.38. The fourth-order valence-corrected chi connectivity index (χ4v) is 1.77. The molecular weight excluding hydrogens is 269 g/mol. The number of nitrogens with zero attached hydrogens (tertiary/aromatic N) is 1. The molecule has 0 saturated heterocycles. The maximum Gasteiger partial charge on any atom is 0.172 e. The lowest BCUT2D eigenvalue weighted by Crippen LogP contribution is -1.92. The number of rotatable bonds is 3. The molecule has 2 aromatic rings. The Labute approximate surface area is 114 Å². The number of benzene rings is 2. The van der Waals surface area contributed by atoms with Gasteiger partial charge in [-0.25, -0.2) is 4.39 Å². The van der Waals surface area contributed by atoms with Crippen molar-refractivity contribution in [3.05, 3.63) is 52.8 Å². The SMILES string of the molecule is COc1ccc(F)cc1Oc1cc(Cl)cc(C#N)c1. The molecule has 96 valence electrons. The van der Waals surface area contributed by atoms with Gasteiger partial charge in [-0.3, -0.25) is 0 Å². The predicted octanol–water partition coefficient (Wildman–Crippen LogP) is 4.15. The van der Waals surface area contributed by atoms with Crippen molar-refractivity contribution in [1.29, 1.82) is 5.26 Å². The van der Waals surface area contributed by atoms with Crippen LogP contribution >= 0.6 is 11.6 Å². The molecule has 0 spiro atoms. The normalized spacial score (nSPS) is 9.79. The standard InChI is InChI=1S/C14H9ClFNO2/c1-18-13-3-2-11(16)7-14(13)19-12-5-9(8-17)4-10(15)6-12/h2-7H,1H3. The molecule has 0 aliphatic carbocycles. The lowest BCUT2D eigenvalue weighted by atomic mass is 10.2. The third-order valence-corrected chi connectivity index (χ3v) is 2.57. The van der Waals surface area contributed by atoms with E-state index in [0.717, 1.165) is 0 Å². The molecule has 0 unspecified atom stereocenters. The van der Waals surface area contributed by atoms with E-state index < -0.39 is 5.82 Å². The second kappa shape index (κ2) is 5.59. The number of ether oxygens (including phenoxy) is 2. The summed E-state index contributed by atoms with van der Waals surface area (Å²) >= 11 is 5.86. The van der Waals surface area contributed by atoms with E-state index in [1.807, 2.05) is 6.07 Å². The Morgan fingerprint density at radius 2 is 1.95 bits per heavy atom. The molecule has 0 atom stereocenters. The third-order valence-electron chi connectivity index (χ3n) is 2.35. The van der Waals surface area contributed by atoms with Gasteiger partial charge in [0.15, 0.2) is 11.5 Å². The highest BCUT2D eigenvalue weighted by Gasteiger charge is 2.08. The summed E-state index contributed by atoms with van der Waals surface area (Å²) in [6, 6.07) is 10.4. The van der Waals surface area contributed by atoms with E-state index >= 15 is 0 Å².